The van der Waals surface area contributed by atoms with Gasteiger partial charge in [-0.05, 0) is 24.6 Å². The molecule has 0 atom stereocenters. The van der Waals surface area contributed by atoms with E-state index in [1.165, 1.54) is 0 Å². The summed E-state index contributed by atoms with van der Waals surface area (Å²) in [6.45, 7) is 2.07. The highest BCUT2D eigenvalue weighted by atomic mass is 79.9. The van der Waals surface area contributed by atoms with Gasteiger partial charge >= 0.3 is 0 Å². The van der Waals surface area contributed by atoms with Crippen molar-refractivity contribution in [2.75, 3.05) is 0 Å². The predicted octanol–water partition coefficient (Wildman–Crippen LogP) is 4.11. The smallest absolute Gasteiger partial charge is 0.247 e. The first-order chi connectivity index (χ1) is 7.69. The average Bonchev–Trinajstić information content (AvgIpc) is 2.65. The van der Waals surface area contributed by atoms with Crippen LogP contribution in [0.5, 0.6) is 0 Å². The SMILES string of the molecule is CCCc1nnc(-c2cc(Cl)cc(Br)c2)o1. The molecule has 1 heterocycles. The Morgan fingerprint density at radius 1 is 1.31 bits per heavy atom. The molecule has 0 saturated heterocycles. The molecule has 16 heavy (non-hydrogen) atoms. The van der Waals surface area contributed by atoms with Gasteiger partial charge in [-0.3, -0.25) is 0 Å². The summed E-state index contributed by atoms with van der Waals surface area (Å²) >= 11 is 9.32. The Morgan fingerprint density at radius 3 is 2.81 bits per heavy atom. The molecule has 0 amide bonds. The molecular formula is C11H10BrClN2O. The van der Waals surface area contributed by atoms with E-state index in [0.29, 0.717) is 16.8 Å². The number of halogens is 2. The number of hydrogen-bond acceptors (Lipinski definition) is 3. The quantitative estimate of drug-likeness (QED) is 0.856. The van der Waals surface area contributed by atoms with Crippen molar-refractivity contribution < 1.29 is 4.42 Å². The van der Waals surface area contributed by atoms with Crippen molar-refractivity contribution in [2.24, 2.45) is 0 Å². The molecule has 5 heteroatoms. The van der Waals surface area contributed by atoms with E-state index in [1.54, 1.807) is 6.07 Å². The van der Waals surface area contributed by atoms with Gasteiger partial charge < -0.3 is 4.42 Å². The van der Waals surface area contributed by atoms with Gasteiger partial charge in [-0.2, -0.15) is 0 Å². The van der Waals surface area contributed by atoms with Crippen LogP contribution in [-0.2, 0) is 6.42 Å². The molecule has 0 aliphatic heterocycles. The van der Waals surface area contributed by atoms with Gasteiger partial charge in [0.15, 0.2) is 0 Å². The van der Waals surface area contributed by atoms with Gasteiger partial charge in [0.2, 0.25) is 11.8 Å². The minimum atomic E-state index is 0.506. The van der Waals surface area contributed by atoms with Crippen LogP contribution in [0.3, 0.4) is 0 Å². The Labute approximate surface area is 107 Å². The molecule has 0 fully saturated rings. The summed E-state index contributed by atoms with van der Waals surface area (Å²) in [6, 6.07) is 5.51. The molecule has 0 spiro atoms. The van der Waals surface area contributed by atoms with Gasteiger partial charge in [0.1, 0.15) is 0 Å². The first-order valence-corrected chi connectivity index (χ1v) is 6.15. The molecule has 1 aromatic heterocycles. The minimum Gasteiger partial charge on any atom is -0.421 e. The van der Waals surface area contributed by atoms with Crippen molar-refractivity contribution in [3.05, 3.63) is 33.6 Å². The molecule has 2 aromatic rings. The Kier molecular flexibility index (Phi) is 3.61. The van der Waals surface area contributed by atoms with Crippen LogP contribution < -0.4 is 0 Å². The van der Waals surface area contributed by atoms with Crippen LogP contribution in [0, 0.1) is 0 Å². The third kappa shape index (κ3) is 2.62. The first-order valence-electron chi connectivity index (χ1n) is 4.98. The highest BCUT2D eigenvalue weighted by molar-refractivity contribution is 9.10. The van der Waals surface area contributed by atoms with E-state index in [2.05, 4.69) is 33.1 Å². The van der Waals surface area contributed by atoms with E-state index >= 15 is 0 Å². The van der Waals surface area contributed by atoms with E-state index < -0.39 is 0 Å². The second-order valence-corrected chi connectivity index (χ2v) is 4.76. The molecule has 0 radical (unpaired) electrons. The van der Waals surface area contributed by atoms with Crippen molar-refractivity contribution in [2.45, 2.75) is 19.8 Å². The molecule has 0 aliphatic carbocycles. The minimum absolute atomic E-state index is 0.506. The number of aromatic nitrogens is 2. The monoisotopic (exact) mass is 300 g/mol. The Balaban J connectivity index is 2.34. The Bertz CT molecular complexity index is 478. The van der Waals surface area contributed by atoms with Gasteiger partial charge in [0.25, 0.3) is 0 Å². The molecule has 0 bridgehead atoms. The number of aryl methyl sites for hydroxylation is 1. The van der Waals surface area contributed by atoms with E-state index in [0.717, 1.165) is 22.9 Å². The molecule has 0 unspecified atom stereocenters. The van der Waals surface area contributed by atoms with Crippen molar-refractivity contribution >= 4 is 27.5 Å². The van der Waals surface area contributed by atoms with Crippen LogP contribution >= 0.6 is 27.5 Å². The molecule has 1 aromatic carbocycles. The maximum Gasteiger partial charge on any atom is 0.247 e. The summed E-state index contributed by atoms with van der Waals surface area (Å²) in [6.07, 6.45) is 1.79. The molecule has 84 valence electrons. The number of nitrogens with zero attached hydrogens (tertiary/aromatic N) is 2. The topological polar surface area (TPSA) is 38.9 Å². The van der Waals surface area contributed by atoms with Gasteiger partial charge in [-0.25, -0.2) is 0 Å². The molecule has 0 N–H and O–H groups in total. The third-order valence-corrected chi connectivity index (χ3v) is 2.72. The summed E-state index contributed by atoms with van der Waals surface area (Å²) in [5, 5.41) is 8.60. The lowest BCUT2D eigenvalue weighted by Crippen LogP contribution is -1.80. The van der Waals surface area contributed by atoms with Crippen LogP contribution in [0.2, 0.25) is 5.02 Å². The van der Waals surface area contributed by atoms with E-state index in [-0.39, 0.29) is 0 Å². The number of benzene rings is 1. The fraction of sp³-hybridized carbons (Fsp3) is 0.273. The molecule has 3 nitrogen and oxygen atoms in total. The first kappa shape index (κ1) is 11.6. The Morgan fingerprint density at radius 2 is 2.12 bits per heavy atom. The molecular weight excluding hydrogens is 291 g/mol. The van der Waals surface area contributed by atoms with Crippen LogP contribution in [-0.4, -0.2) is 10.2 Å². The zero-order valence-corrected chi connectivity index (χ0v) is 11.0. The summed E-state index contributed by atoms with van der Waals surface area (Å²) in [4.78, 5) is 0. The summed E-state index contributed by atoms with van der Waals surface area (Å²) in [5.74, 6) is 1.17. The second-order valence-electron chi connectivity index (χ2n) is 3.41. The lowest BCUT2D eigenvalue weighted by atomic mass is 10.2. The summed E-state index contributed by atoms with van der Waals surface area (Å²) < 4.78 is 6.41. The second kappa shape index (κ2) is 4.97. The van der Waals surface area contributed by atoms with E-state index in [4.69, 9.17) is 16.0 Å². The van der Waals surface area contributed by atoms with Crippen LogP contribution in [0.25, 0.3) is 11.5 Å². The van der Waals surface area contributed by atoms with Crippen LogP contribution in [0.4, 0.5) is 0 Å². The van der Waals surface area contributed by atoms with Gasteiger partial charge in [-0.1, -0.05) is 34.5 Å². The van der Waals surface area contributed by atoms with Crippen molar-refractivity contribution in [3.63, 3.8) is 0 Å². The van der Waals surface area contributed by atoms with Crippen LogP contribution in [0.15, 0.2) is 27.1 Å². The molecule has 0 aliphatic rings. The van der Waals surface area contributed by atoms with E-state index in [9.17, 15) is 0 Å². The lowest BCUT2D eigenvalue weighted by molar-refractivity contribution is 0.502. The van der Waals surface area contributed by atoms with Gasteiger partial charge in [-0.15, -0.1) is 10.2 Å². The van der Waals surface area contributed by atoms with Gasteiger partial charge in [0, 0.05) is 21.5 Å². The van der Waals surface area contributed by atoms with Gasteiger partial charge in [0.05, 0.1) is 0 Å². The summed E-state index contributed by atoms with van der Waals surface area (Å²) in [5.41, 5.74) is 0.828. The fourth-order valence-corrected chi connectivity index (χ4v) is 2.22. The molecule has 0 saturated carbocycles. The Hall–Kier alpha value is -0.870. The zero-order chi connectivity index (χ0) is 11.5. The fourth-order valence-electron chi connectivity index (χ4n) is 1.36. The van der Waals surface area contributed by atoms with Crippen molar-refractivity contribution in [3.8, 4) is 11.5 Å². The van der Waals surface area contributed by atoms with Crippen molar-refractivity contribution in [1.29, 1.82) is 0 Å². The third-order valence-electron chi connectivity index (χ3n) is 2.04. The summed E-state index contributed by atoms with van der Waals surface area (Å²) in [7, 11) is 0. The highest BCUT2D eigenvalue weighted by Gasteiger charge is 2.09. The lowest BCUT2D eigenvalue weighted by Gasteiger charge is -1.97. The predicted molar refractivity (Wildman–Crippen MR) is 66.4 cm³/mol. The largest absolute Gasteiger partial charge is 0.421 e. The normalized spacial score (nSPS) is 10.7. The van der Waals surface area contributed by atoms with Crippen LogP contribution in [0.1, 0.15) is 19.2 Å². The zero-order valence-electron chi connectivity index (χ0n) is 8.70. The highest BCUT2D eigenvalue weighted by Crippen LogP contribution is 2.26. The standard InChI is InChI=1S/C11H10BrClN2O/c1-2-3-10-14-15-11(16-10)7-4-8(12)6-9(13)5-7/h4-6H,2-3H2,1H3. The van der Waals surface area contributed by atoms with Crippen molar-refractivity contribution in [1.82, 2.24) is 10.2 Å². The molecule has 2 rings (SSSR count). The van der Waals surface area contributed by atoms with E-state index in [1.807, 2.05) is 12.1 Å². The number of rotatable bonds is 3. The maximum absolute atomic E-state index is 5.95. The number of hydrogen-bond donors (Lipinski definition) is 0. The maximum atomic E-state index is 5.95. The average molecular weight is 302 g/mol.